The van der Waals surface area contributed by atoms with Gasteiger partial charge in [0.1, 0.15) is 0 Å². The van der Waals surface area contributed by atoms with Gasteiger partial charge in [0, 0.05) is 32.7 Å². The number of halogens is 1. The third kappa shape index (κ3) is 7.20. The molecule has 0 radical (unpaired) electrons. The Bertz CT molecular complexity index is 618. The van der Waals surface area contributed by atoms with E-state index in [4.69, 9.17) is 4.74 Å². The Morgan fingerprint density at radius 1 is 1.22 bits per heavy atom. The lowest BCUT2D eigenvalue weighted by Gasteiger charge is -2.32. The highest BCUT2D eigenvalue weighted by Crippen LogP contribution is 2.22. The molecule has 0 spiro atoms. The number of hydrogen-bond donors (Lipinski definition) is 2. The first kappa shape index (κ1) is 23.5. The fraction of sp³-hybridized carbons (Fsp3) is 0.600. The second-order valence-electron chi connectivity index (χ2n) is 7.75. The molecule has 0 unspecified atom stereocenters. The van der Waals surface area contributed by atoms with Crippen LogP contribution in [0.5, 0.6) is 0 Å². The topological polar surface area (TPSA) is 66.0 Å². The third-order valence-corrected chi connectivity index (χ3v) is 4.77. The number of amides is 1. The maximum atomic E-state index is 11.5. The molecule has 1 amide bonds. The van der Waals surface area contributed by atoms with E-state index in [0.717, 1.165) is 25.3 Å². The highest BCUT2D eigenvalue weighted by Gasteiger charge is 2.23. The predicted octanol–water partition coefficient (Wildman–Crippen LogP) is 3.50. The monoisotopic (exact) mass is 488 g/mol. The van der Waals surface area contributed by atoms with Crippen LogP contribution in [0.4, 0.5) is 4.79 Å². The van der Waals surface area contributed by atoms with Gasteiger partial charge in [0.15, 0.2) is 5.96 Å². The van der Waals surface area contributed by atoms with Gasteiger partial charge < -0.3 is 20.3 Å². The Labute approximate surface area is 180 Å². The molecule has 1 saturated heterocycles. The summed E-state index contributed by atoms with van der Waals surface area (Å²) in [6.07, 6.45) is 1.52. The van der Waals surface area contributed by atoms with Crippen LogP contribution in [0.1, 0.15) is 44.7 Å². The number of carbonyl (C=O) groups excluding carboxylic acids is 1. The van der Waals surface area contributed by atoms with Gasteiger partial charge in [0.2, 0.25) is 0 Å². The van der Waals surface area contributed by atoms with E-state index in [2.05, 4.69) is 60.7 Å². The van der Waals surface area contributed by atoms with Gasteiger partial charge in [-0.25, -0.2) is 4.79 Å². The first-order valence-corrected chi connectivity index (χ1v) is 9.23. The van der Waals surface area contributed by atoms with Crippen molar-refractivity contribution in [1.82, 2.24) is 15.5 Å². The van der Waals surface area contributed by atoms with Gasteiger partial charge >= 0.3 is 6.09 Å². The van der Waals surface area contributed by atoms with Crippen molar-refractivity contribution in [2.24, 2.45) is 4.99 Å². The summed E-state index contributed by atoms with van der Waals surface area (Å²) in [5.74, 6) is 0.793. The molecule has 1 heterocycles. The van der Waals surface area contributed by atoms with Crippen LogP contribution in [-0.2, 0) is 16.7 Å². The van der Waals surface area contributed by atoms with Crippen LogP contribution in [0.15, 0.2) is 29.3 Å². The highest BCUT2D eigenvalue weighted by atomic mass is 127. The van der Waals surface area contributed by atoms with E-state index in [1.54, 1.807) is 11.9 Å². The van der Waals surface area contributed by atoms with Gasteiger partial charge in [0.05, 0.1) is 7.11 Å². The maximum absolute atomic E-state index is 11.5. The molecule has 2 N–H and O–H groups in total. The molecule has 152 valence electrons. The van der Waals surface area contributed by atoms with Gasteiger partial charge in [-0.2, -0.15) is 0 Å². The number of benzene rings is 1. The van der Waals surface area contributed by atoms with E-state index in [-0.39, 0.29) is 35.5 Å². The fourth-order valence-corrected chi connectivity index (χ4v) is 3.03. The molecule has 1 aromatic rings. The average Bonchev–Trinajstić information content (AvgIpc) is 2.64. The molecule has 0 aliphatic carbocycles. The summed E-state index contributed by atoms with van der Waals surface area (Å²) >= 11 is 0. The van der Waals surface area contributed by atoms with Crippen LogP contribution in [0.2, 0.25) is 0 Å². The minimum absolute atomic E-state index is 0. The van der Waals surface area contributed by atoms with Crippen LogP contribution < -0.4 is 10.6 Å². The summed E-state index contributed by atoms with van der Waals surface area (Å²) in [5.41, 5.74) is 2.73. The minimum Gasteiger partial charge on any atom is -0.453 e. The molecule has 1 aromatic carbocycles. The zero-order valence-corrected chi connectivity index (χ0v) is 19.4. The van der Waals surface area contributed by atoms with Crippen molar-refractivity contribution in [2.45, 2.75) is 51.6 Å². The van der Waals surface area contributed by atoms with Gasteiger partial charge in [-0.3, -0.25) is 4.99 Å². The van der Waals surface area contributed by atoms with Crippen molar-refractivity contribution in [3.05, 3.63) is 35.4 Å². The second-order valence-corrected chi connectivity index (χ2v) is 7.75. The van der Waals surface area contributed by atoms with Crippen molar-refractivity contribution in [1.29, 1.82) is 0 Å². The Morgan fingerprint density at radius 3 is 2.30 bits per heavy atom. The second kappa shape index (κ2) is 10.7. The number of aliphatic imine (C=N–C) groups is 1. The number of methoxy groups -OCH3 is 1. The smallest absolute Gasteiger partial charge is 0.409 e. The molecule has 1 fully saturated rings. The normalized spacial score (nSPS) is 15.7. The van der Waals surface area contributed by atoms with Crippen LogP contribution in [0.25, 0.3) is 0 Å². The first-order valence-electron chi connectivity index (χ1n) is 9.23. The van der Waals surface area contributed by atoms with Gasteiger partial charge in [-0.05, 0) is 29.4 Å². The van der Waals surface area contributed by atoms with E-state index in [1.165, 1.54) is 18.2 Å². The largest absolute Gasteiger partial charge is 0.453 e. The SMILES string of the molecule is CN=C(NCc1ccc(C(C)(C)C)cc1)NC1CCN(C(=O)OC)CC1.I. The minimum atomic E-state index is -0.246. The van der Waals surface area contributed by atoms with E-state index in [9.17, 15) is 4.79 Å². The number of guanidine groups is 1. The summed E-state index contributed by atoms with van der Waals surface area (Å²) < 4.78 is 4.77. The van der Waals surface area contributed by atoms with E-state index >= 15 is 0 Å². The lowest BCUT2D eigenvalue weighted by Crippen LogP contribution is -2.49. The molecular formula is C20H33IN4O2. The van der Waals surface area contributed by atoms with Crippen molar-refractivity contribution in [2.75, 3.05) is 27.2 Å². The van der Waals surface area contributed by atoms with Crippen LogP contribution in [0, 0.1) is 0 Å². The van der Waals surface area contributed by atoms with E-state index in [1.807, 2.05) is 0 Å². The summed E-state index contributed by atoms with van der Waals surface area (Å²) in [6, 6.07) is 9.02. The maximum Gasteiger partial charge on any atom is 0.409 e. The number of nitrogens with zero attached hydrogens (tertiary/aromatic N) is 2. The number of likely N-dealkylation sites (tertiary alicyclic amines) is 1. The van der Waals surface area contributed by atoms with E-state index in [0.29, 0.717) is 19.1 Å². The number of ether oxygens (including phenoxy) is 1. The summed E-state index contributed by atoms with van der Waals surface area (Å²) in [6.45, 7) is 8.79. The van der Waals surface area contributed by atoms with Gasteiger partial charge in [-0.15, -0.1) is 24.0 Å². The zero-order chi connectivity index (χ0) is 19.2. The summed E-state index contributed by atoms with van der Waals surface area (Å²) in [7, 11) is 3.20. The molecule has 1 aliphatic heterocycles. The summed E-state index contributed by atoms with van der Waals surface area (Å²) in [5, 5.41) is 6.82. The molecule has 0 aromatic heterocycles. The quantitative estimate of drug-likeness (QED) is 0.389. The number of carbonyl (C=O) groups is 1. The number of rotatable bonds is 3. The Hall–Kier alpha value is -1.51. The lowest BCUT2D eigenvalue weighted by molar-refractivity contribution is 0.111. The highest BCUT2D eigenvalue weighted by molar-refractivity contribution is 14.0. The molecule has 6 nitrogen and oxygen atoms in total. The molecule has 2 rings (SSSR count). The molecule has 1 aliphatic rings. The van der Waals surface area contributed by atoms with Crippen molar-refractivity contribution < 1.29 is 9.53 Å². The number of piperidine rings is 1. The summed E-state index contributed by atoms with van der Waals surface area (Å²) in [4.78, 5) is 17.6. The molecule has 0 bridgehead atoms. The lowest BCUT2D eigenvalue weighted by atomic mass is 9.87. The van der Waals surface area contributed by atoms with Crippen molar-refractivity contribution >= 4 is 36.0 Å². The van der Waals surface area contributed by atoms with Crippen LogP contribution in [0.3, 0.4) is 0 Å². The van der Waals surface area contributed by atoms with Crippen molar-refractivity contribution in [3.8, 4) is 0 Å². The van der Waals surface area contributed by atoms with Gasteiger partial charge in [-0.1, -0.05) is 45.0 Å². The zero-order valence-electron chi connectivity index (χ0n) is 17.0. The predicted molar refractivity (Wildman–Crippen MR) is 121 cm³/mol. The Kier molecular flexibility index (Phi) is 9.35. The molecule has 7 heteroatoms. The Morgan fingerprint density at radius 2 is 1.81 bits per heavy atom. The molecular weight excluding hydrogens is 455 g/mol. The Balaban J connectivity index is 0.00000364. The standard InChI is InChI=1S/C20H32N4O2.HI/c1-20(2,3)16-8-6-15(7-9-16)14-22-18(21-4)23-17-10-12-24(13-11-17)19(25)26-5;/h6-9,17H,10-14H2,1-5H3,(H2,21,22,23);1H. The van der Waals surface area contributed by atoms with Crippen LogP contribution in [-0.4, -0.2) is 50.2 Å². The first-order chi connectivity index (χ1) is 12.3. The number of hydrogen-bond acceptors (Lipinski definition) is 3. The average molecular weight is 488 g/mol. The molecule has 27 heavy (non-hydrogen) atoms. The molecule has 0 saturated carbocycles. The number of nitrogens with one attached hydrogen (secondary N) is 2. The molecule has 0 atom stereocenters. The third-order valence-electron chi connectivity index (χ3n) is 4.77. The fourth-order valence-electron chi connectivity index (χ4n) is 3.03. The van der Waals surface area contributed by atoms with E-state index < -0.39 is 0 Å². The van der Waals surface area contributed by atoms with Gasteiger partial charge in [0.25, 0.3) is 0 Å². The van der Waals surface area contributed by atoms with Crippen LogP contribution >= 0.6 is 24.0 Å². The van der Waals surface area contributed by atoms with Crippen molar-refractivity contribution in [3.63, 3.8) is 0 Å².